The highest BCUT2D eigenvalue weighted by Gasteiger charge is 2.10. The molecule has 0 heterocycles. The van der Waals surface area contributed by atoms with Crippen molar-refractivity contribution in [1.82, 2.24) is 5.43 Å². The van der Waals surface area contributed by atoms with E-state index in [0.717, 1.165) is 0 Å². The third-order valence-electron chi connectivity index (χ3n) is 1.95. The van der Waals surface area contributed by atoms with E-state index in [1.165, 1.54) is 6.07 Å². The van der Waals surface area contributed by atoms with Crippen LogP contribution in [-0.2, 0) is 0 Å². The maximum absolute atomic E-state index is 13.1. The van der Waals surface area contributed by atoms with E-state index >= 15 is 0 Å². The molecule has 0 aliphatic heterocycles. The SMILES string of the molecule is C#CC(NN)c1cccc(F)c1C. The highest BCUT2D eigenvalue weighted by atomic mass is 19.1. The third kappa shape index (κ3) is 1.86. The van der Waals surface area contributed by atoms with Crippen LogP contribution in [-0.4, -0.2) is 0 Å². The maximum Gasteiger partial charge on any atom is 0.126 e. The molecule has 0 aliphatic rings. The van der Waals surface area contributed by atoms with Crippen LogP contribution in [0.15, 0.2) is 18.2 Å². The van der Waals surface area contributed by atoms with Gasteiger partial charge in [0.15, 0.2) is 0 Å². The lowest BCUT2D eigenvalue weighted by atomic mass is 10.0. The molecule has 2 nitrogen and oxygen atoms in total. The number of hydrogen-bond acceptors (Lipinski definition) is 2. The minimum atomic E-state index is -0.435. The van der Waals surface area contributed by atoms with Crippen LogP contribution >= 0.6 is 0 Å². The van der Waals surface area contributed by atoms with E-state index < -0.39 is 6.04 Å². The Morgan fingerprint density at radius 3 is 2.85 bits per heavy atom. The summed E-state index contributed by atoms with van der Waals surface area (Å²) < 4.78 is 13.1. The molecule has 3 N–H and O–H groups in total. The summed E-state index contributed by atoms with van der Waals surface area (Å²) in [6, 6.07) is 4.32. The first-order valence-electron chi connectivity index (χ1n) is 3.88. The maximum atomic E-state index is 13.1. The molecule has 0 fully saturated rings. The van der Waals surface area contributed by atoms with E-state index in [2.05, 4.69) is 11.3 Å². The third-order valence-corrected chi connectivity index (χ3v) is 1.95. The first kappa shape index (κ1) is 9.72. The molecule has 1 unspecified atom stereocenters. The minimum absolute atomic E-state index is 0.270. The lowest BCUT2D eigenvalue weighted by Gasteiger charge is -2.12. The van der Waals surface area contributed by atoms with Gasteiger partial charge in [0, 0.05) is 0 Å². The van der Waals surface area contributed by atoms with Gasteiger partial charge in [-0.25, -0.2) is 9.82 Å². The van der Waals surface area contributed by atoms with Gasteiger partial charge in [0.25, 0.3) is 0 Å². The monoisotopic (exact) mass is 178 g/mol. The van der Waals surface area contributed by atoms with Crippen molar-refractivity contribution in [2.45, 2.75) is 13.0 Å². The zero-order valence-corrected chi connectivity index (χ0v) is 7.34. The second-order valence-electron chi connectivity index (χ2n) is 2.72. The Bertz CT molecular complexity index is 341. The van der Waals surface area contributed by atoms with E-state index in [1.807, 2.05) is 0 Å². The van der Waals surface area contributed by atoms with Gasteiger partial charge in [0.2, 0.25) is 0 Å². The van der Waals surface area contributed by atoms with Crippen molar-refractivity contribution in [3.05, 3.63) is 35.1 Å². The van der Waals surface area contributed by atoms with Crippen LogP contribution in [0.1, 0.15) is 17.2 Å². The van der Waals surface area contributed by atoms with Gasteiger partial charge >= 0.3 is 0 Å². The number of nitrogens with two attached hydrogens (primary N) is 1. The predicted molar refractivity (Wildman–Crippen MR) is 50.0 cm³/mol. The summed E-state index contributed by atoms with van der Waals surface area (Å²) in [7, 11) is 0. The predicted octanol–water partition coefficient (Wildman–Crippen LogP) is 1.27. The fraction of sp³-hybridized carbons (Fsp3) is 0.200. The van der Waals surface area contributed by atoms with Gasteiger partial charge in [-0.15, -0.1) is 6.42 Å². The number of halogens is 1. The molecule has 0 amide bonds. The summed E-state index contributed by atoms with van der Waals surface area (Å²) in [4.78, 5) is 0. The summed E-state index contributed by atoms with van der Waals surface area (Å²) in [6.07, 6.45) is 5.22. The molecule has 0 aliphatic carbocycles. The standard InChI is InChI=1S/C10H11FN2/c1-3-10(13-12)8-5-4-6-9(11)7(8)2/h1,4-6,10,13H,12H2,2H3. The van der Waals surface area contributed by atoms with Crippen molar-refractivity contribution < 1.29 is 4.39 Å². The van der Waals surface area contributed by atoms with E-state index in [-0.39, 0.29) is 5.82 Å². The molecule has 68 valence electrons. The molecule has 0 saturated heterocycles. The van der Waals surface area contributed by atoms with Crippen LogP contribution in [0, 0.1) is 25.1 Å². The number of nitrogens with one attached hydrogen (secondary N) is 1. The van der Waals surface area contributed by atoms with Crippen LogP contribution in [0.3, 0.4) is 0 Å². The lowest BCUT2D eigenvalue weighted by molar-refractivity contribution is 0.604. The highest BCUT2D eigenvalue weighted by Crippen LogP contribution is 2.18. The van der Waals surface area contributed by atoms with Crippen molar-refractivity contribution in [1.29, 1.82) is 0 Å². The van der Waals surface area contributed by atoms with E-state index in [0.29, 0.717) is 11.1 Å². The first-order valence-corrected chi connectivity index (χ1v) is 3.88. The Morgan fingerprint density at radius 2 is 2.31 bits per heavy atom. The molecule has 1 aromatic rings. The largest absolute Gasteiger partial charge is 0.270 e. The molecule has 1 rings (SSSR count). The van der Waals surface area contributed by atoms with Crippen LogP contribution in [0.25, 0.3) is 0 Å². The first-order chi connectivity index (χ1) is 6.20. The Labute approximate surface area is 76.9 Å². The Hall–Kier alpha value is -1.37. The molecular formula is C10H11FN2. The van der Waals surface area contributed by atoms with Gasteiger partial charge in [-0.2, -0.15) is 0 Å². The lowest BCUT2D eigenvalue weighted by Crippen LogP contribution is -2.27. The van der Waals surface area contributed by atoms with Crippen LogP contribution in [0.5, 0.6) is 0 Å². The van der Waals surface area contributed by atoms with Crippen molar-refractivity contribution in [3.63, 3.8) is 0 Å². The Morgan fingerprint density at radius 1 is 1.62 bits per heavy atom. The van der Waals surface area contributed by atoms with Gasteiger partial charge in [0.05, 0.1) is 0 Å². The van der Waals surface area contributed by atoms with Crippen molar-refractivity contribution in [2.75, 3.05) is 0 Å². The van der Waals surface area contributed by atoms with E-state index in [1.54, 1.807) is 19.1 Å². The summed E-state index contributed by atoms with van der Waals surface area (Å²) in [5, 5.41) is 0. The fourth-order valence-corrected chi connectivity index (χ4v) is 1.16. The van der Waals surface area contributed by atoms with Gasteiger partial charge < -0.3 is 0 Å². The topological polar surface area (TPSA) is 38.0 Å². The smallest absolute Gasteiger partial charge is 0.126 e. The van der Waals surface area contributed by atoms with E-state index in [4.69, 9.17) is 12.3 Å². The Kier molecular flexibility index (Phi) is 3.02. The van der Waals surface area contributed by atoms with Gasteiger partial charge in [-0.3, -0.25) is 5.84 Å². The molecule has 0 spiro atoms. The normalized spacial score (nSPS) is 12.2. The quantitative estimate of drug-likeness (QED) is 0.406. The fourth-order valence-electron chi connectivity index (χ4n) is 1.16. The number of benzene rings is 1. The molecule has 1 atom stereocenters. The summed E-state index contributed by atoms with van der Waals surface area (Å²) in [5.41, 5.74) is 3.66. The molecule has 13 heavy (non-hydrogen) atoms. The molecular weight excluding hydrogens is 167 g/mol. The number of terminal acetylenes is 1. The average Bonchev–Trinajstić information content (AvgIpc) is 2.14. The Balaban J connectivity index is 3.15. The zero-order valence-electron chi connectivity index (χ0n) is 7.34. The summed E-state index contributed by atoms with van der Waals surface area (Å²) in [6.45, 7) is 1.67. The van der Waals surface area contributed by atoms with Crippen molar-refractivity contribution >= 4 is 0 Å². The molecule has 0 radical (unpaired) electrons. The molecule has 0 saturated carbocycles. The summed E-state index contributed by atoms with van der Waals surface area (Å²) >= 11 is 0. The van der Waals surface area contributed by atoms with Crippen LogP contribution in [0.2, 0.25) is 0 Å². The number of hydrazine groups is 1. The van der Waals surface area contributed by atoms with Crippen molar-refractivity contribution in [3.8, 4) is 12.3 Å². The van der Waals surface area contributed by atoms with E-state index in [9.17, 15) is 4.39 Å². The van der Waals surface area contributed by atoms with Gasteiger partial charge in [0.1, 0.15) is 11.9 Å². The molecule has 0 bridgehead atoms. The molecule has 3 heteroatoms. The molecule has 1 aromatic carbocycles. The van der Waals surface area contributed by atoms with Crippen LogP contribution in [0.4, 0.5) is 4.39 Å². The molecule has 0 aromatic heterocycles. The summed E-state index contributed by atoms with van der Waals surface area (Å²) in [5.74, 6) is 7.38. The number of rotatable bonds is 2. The zero-order chi connectivity index (χ0) is 9.84. The minimum Gasteiger partial charge on any atom is -0.270 e. The highest BCUT2D eigenvalue weighted by molar-refractivity contribution is 5.34. The van der Waals surface area contributed by atoms with Gasteiger partial charge in [-0.05, 0) is 24.1 Å². The average molecular weight is 178 g/mol. The second-order valence-corrected chi connectivity index (χ2v) is 2.72. The number of hydrogen-bond donors (Lipinski definition) is 2. The van der Waals surface area contributed by atoms with Gasteiger partial charge in [-0.1, -0.05) is 18.1 Å². The van der Waals surface area contributed by atoms with Crippen molar-refractivity contribution in [2.24, 2.45) is 5.84 Å². The van der Waals surface area contributed by atoms with Crippen LogP contribution < -0.4 is 11.3 Å². The second kappa shape index (κ2) is 4.04.